The summed E-state index contributed by atoms with van der Waals surface area (Å²) in [6.07, 6.45) is 5.05. The molecule has 1 aliphatic rings. The standard InChI is InChI=1S/C19H31N3O3S/c1-4-5-13-21(3)16(2)19(23)20-17-9-11-18(12-10-17)26(24,25)22-14-7-6-8-15-22/h9-12,16H,4-8,13-15H2,1-3H3,(H,20,23). The molecule has 1 saturated heterocycles. The molecule has 1 fully saturated rings. The van der Waals surface area contributed by atoms with Crippen LogP contribution in [0.5, 0.6) is 0 Å². The Kier molecular flexibility index (Phi) is 7.61. The fourth-order valence-corrected chi connectivity index (χ4v) is 4.53. The van der Waals surface area contributed by atoms with Crippen molar-refractivity contribution in [2.45, 2.75) is 56.9 Å². The number of nitrogens with zero attached hydrogens (tertiary/aromatic N) is 2. The average molecular weight is 382 g/mol. The minimum absolute atomic E-state index is 0.0877. The molecule has 0 aliphatic carbocycles. The van der Waals surface area contributed by atoms with E-state index in [0.29, 0.717) is 18.8 Å². The van der Waals surface area contributed by atoms with Gasteiger partial charge < -0.3 is 5.32 Å². The zero-order valence-electron chi connectivity index (χ0n) is 16.1. The van der Waals surface area contributed by atoms with Crippen molar-refractivity contribution in [2.24, 2.45) is 0 Å². The third-order valence-corrected chi connectivity index (χ3v) is 6.89. The molecule has 1 amide bonds. The number of carbonyl (C=O) groups excluding carboxylic acids is 1. The number of hydrogen-bond donors (Lipinski definition) is 1. The van der Waals surface area contributed by atoms with Crippen LogP contribution in [0.1, 0.15) is 46.0 Å². The quantitative estimate of drug-likeness (QED) is 0.752. The Morgan fingerprint density at radius 1 is 1.19 bits per heavy atom. The molecule has 7 heteroatoms. The van der Waals surface area contributed by atoms with Crippen LogP contribution in [0.4, 0.5) is 5.69 Å². The molecule has 1 N–H and O–H groups in total. The smallest absolute Gasteiger partial charge is 0.243 e. The van der Waals surface area contributed by atoms with Crippen molar-refractivity contribution in [1.29, 1.82) is 0 Å². The zero-order chi connectivity index (χ0) is 19.2. The lowest BCUT2D eigenvalue weighted by molar-refractivity contribution is -0.120. The normalized spacial score (nSPS) is 17.2. The molecule has 0 aromatic heterocycles. The minimum Gasteiger partial charge on any atom is -0.325 e. The maximum Gasteiger partial charge on any atom is 0.243 e. The van der Waals surface area contributed by atoms with Crippen molar-refractivity contribution < 1.29 is 13.2 Å². The predicted octanol–water partition coefficient (Wildman–Crippen LogP) is 2.92. The number of rotatable bonds is 8. The molecule has 0 saturated carbocycles. The summed E-state index contributed by atoms with van der Waals surface area (Å²) in [6, 6.07) is 6.23. The lowest BCUT2D eigenvalue weighted by Gasteiger charge is -2.26. The average Bonchev–Trinajstić information content (AvgIpc) is 2.66. The predicted molar refractivity (Wildman–Crippen MR) is 105 cm³/mol. The van der Waals surface area contributed by atoms with E-state index in [1.54, 1.807) is 28.6 Å². The van der Waals surface area contributed by atoms with Crippen molar-refractivity contribution in [1.82, 2.24) is 9.21 Å². The number of anilines is 1. The fraction of sp³-hybridized carbons (Fsp3) is 0.632. The van der Waals surface area contributed by atoms with E-state index in [9.17, 15) is 13.2 Å². The molecule has 26 heavy (non-hydrogen) atoms. The Bertz CT molecular complexity index is 682. The van der Waals surface area contributed by atoms with E-state index in [4.69, 9.17) is 0 Å². The van der Waals surface area contributed by atoms with E-state index in [0.717, 1.165) is 38.6 Å². The van der Waals surface area contributed by atoms with Crippen molar-refractivity contribution in [3.63, 3.8) is 0 Å². The van der Waals surface area contributed by atoms with E-state index in [1.165, 1.54) is 0 Å². The van der Waals surface area contributed by atoms with Crippen molar-refractivity contribution in [3.05, 3.63) is 24.3 Å². The van der Waals surface area contributed by atoms with Crippen LogP contribution < -0.4 is 5.32 Å². The highest BCUT2D eigenvalue weighted by molar-refractivity contribution is 7.89. The highest BCUT2D eigenvalue weighted by Crippen LogP contribution is 2.22. The van der Waals surface area contributed by atoms with Gasteiger partial charge >= 0.3 is 0 Å². The molecule has 0 bridgehead atoms. The largest absolute Gasteiger partial charge is 0.325 e. The van der Waals surface area contributed by atoms with Gasteiger partial charge in [0.05, 0.1) is 10.9 Å². The Morgan fingerprint density at radius 2 is 1.81 bits per heavy atom. The van der Waals surface area contributed by atoms with Gasteiger partial charge in [-0.3, -0.25) is 9.69 Å². The van der Waals surface area contributed by atoms with Crippen LogP contribution in [0.25, 0.3) is 0 Å². The number of unbranched alkanes of at least 4 members (excludes halogenated alkanes) is 1. The van der Waals surface area contributed by atoms with E-state index in [1.807, 2.05) is 18.9 Å². The summed E-state index contributed by atoms with van der Waals surface area (Å²) in [4.78, 5) is 14.7. The summed E-state index contributed by atoms with van der Waals surface area (Å²) in [6.45, 7) is 6.04. The molecule has 1 aromatic carbocycles. The molecule has 1 heterocycles. The van der Waals surface area contributed by atoms with Crippen LogP contribution in [-0.2, 0) is 14.8 Å². The lowest BCUT2D eigenvalue weighted by Crippen LogP contribution is -2.40. The Balaban J connectivity index is 1.99. The Hall–Kier alpha value is -1.44. The van der Waals surface area contributed by atoms with Crippen LogP contribution in [0, 0.1) is 0 Å². The van der Waals surface area contributed by atoms with Gasteiger partial charge in [-0.15, -0.1) is 0 Å². The molecule has 1 aromatic rings. The SMILES string of the molecule is CCCCN(C)C(C)C(=O)Nc1ccc(S(=O)(=O)N2CCCCC2)cc1. The van der Waals surface area contributed by atoms with Gasteiger partial charge in [0.1, 0.15) is 0 Å². The lowest BCUT2D eigenvalue weighted by atomic mass is 10.2. The number of carbonyl (C=O) groups is 1. The molecule has 0 radical (unpaired) electrons. The summed E-state index contributed by atoms with van der Waals surface area (Å²) in [5, 5.41) is 2.87. The number of piperidine rings is 1. The summed E-state index contributed by atoms with van der Waals surface area (Å²) < 4.78 is 26.9. The first-order valence-corrected chi connectivity index (χ1v) is 10.9. The number of hydrogen-bond acceptors (Lipinski definition) is 4. The zero-order valence-corrected chi connectivity index (χ0v) is 16.9. The third kappa shape index (κ3) is 5.28. The molecule has 146 valence electrons. The number of sulfonamides is 1. The van der Waals surface area contributed by atoms with Crippen molar-refractivity contribution in [3.8, 4) is 0 Å². The number of benzene rings is 1. The molecule has 2 rings (SSSR count). The van der Waals surface area contributed by atoms with Gasteiger partial charge in [-0.2, -0.15) is 4.31 Å². The first kappa shape index (κ1) is 20.9. The van der Waals surface area contributed by atoms with Crippen LogP contribution in [-0.4, -0.2) is 56.3 Å². The summed E-state index contributed by atoms with van der Waals surface area (Å²) >= 11 is 0. The molecule has 1 atom stereocenters. The van der Waals surface area contributed by atoms with Gasteiger partial charge in [0.25, 0.3) is 0 Å². The van der Waals surface area contributed by atoms with Gasteiger partial charge in [-0.05, 0) is 64.0 Å². The first-order chi connectivity index (χ1) is 12.4. The van der Waals surface area contributed by atoms with Gasteiger partial charge in [0, 0.05) is 18.8 Å². The molecule has 1 unspecified atom stereocenters. The topological polar surface area (TPSA) is 69.7 Å². The summed E-state index contributed by atoms with van der Waals surface area (Å²) in [5.74, 6) is -0.0877. The molecule has 0 spiro atoms. The van der Waals surface area contributed by atoms with Crippen LogP contribution in [0.15, 0.2) is 29.2 Å². The van der Waals surface area contributed by atoms with Crippen LogP contribution >= 0.6 is 0 Å². The molecular formula is C19H31N3O3S. The first-order valence-electron chi connectivity index (χ1n) is 9.47. The van der Waals surface area contributed by atoms with E-state index < -0.39 is 10.0 Å². The maximum absolute atomic E-state index is 12.7. The number of likely N-dealkylation sites (N-methyl/N-ethyl adjacent to an activating group) is 1. The van der Waals surface area contributed by atoms with Crippen LogP contribution in [0.2, 0.25) is 0 Å². The highest BCUT2D eigenvalue weighted by Gasteiger charge is 2.26. The van der Waals surface area contributed by atoms with Gasteiger partial charge in [-0.1, -0.05) is 19.8 Å². The van der Waals surface area contributed by atoms with E-state index in [2.05, 4.69) is 12.2 Å². The second-order valence-electron chi connectivity index (χ2n) is 6.99. The molecule has 1 aliphatic heterocycles. The van der Waals surface area contributed by atoms with E-state index in [-0.39, 0.29) is 16.8 Å². The second kappa shape index (κ2) is 9.48. The Morgan fingerprint density at radius 3 is 2.38 bits per heavy atom. The second-order valence-corrected chi connectivity index (χ2v) is 8.93. The Labute approximate surface area is 157 Å². The summed E-state index contributed by atoms with van der Waals surface area (Å²) in [5.41, 5.74) is 0.614. The van der Waals surface area contributed by atoms with Crippen molar-refractivity contribution >= 4 is 21.6 Å². The minimum atomic E-state index is -3.43. The summed E-state index contributed by atoms with van der Waals surface area (Å²) in [7, 11) is -1.50. The molecule has 6 nitrogen and oxygen atoms in total. The molecular weight excluding hydrogens is 350 g/mol. The van der Waals surface area contributed by atoms with Crippen molar-refractivity contribution in [2.75, 3.05) is 32.0 Å². The van der Waals surface area contributed by atoms with Gasteiger partial charge in [-0.25, -0.2) is 8.42 Å². The maximum atomic E-state index is 12.7. The number of amides is 1. The fourth-order valence-electron chi connectivity index (χ4n) is 3.01. The monoisotopic (exact) mass is 381 g/mol. The van der Waals surface area contributed by atoms with Gasteiger partial charge in [0.2, 0.25) is 15.9 Å². The highest BCUT2D eigenvalue weighted by atomic mass is 32.2. The van der Waals surface area contributed by atoms with Gasteiger partial charge in [0.15, 0.2) is 0 Å². The number of nitrogens with one attached hydrogen (secondary N) is 1. The van der Waals surface area contributed by atoms with E-state index >= 15 is 0 Å². The van der Waals surface area contributed by atoms with Crippen LogP contribution in [0.3, 0.4) is 0 Å². The third-order valence-electron chi connectivity index (χ3n) is 4.98.